The molecule has 3 heteroatoms. The Kier molecular flexibility index (Phi) is 3.66. The number of hydrogen-bond donors (Lipinski definition) is 2. The van der Waals surface area contributed by atoms with Crippen LogP contribution in [-0.4, -0.2) is 5.91 Å². The molecule has 1 fully saturated rings. The monoisotopic (exact) mass is 306 g/mol. The van der Waals surface area contributed by atoms with Gasteiger partial charge in [0.15, 0.2) is 0 Å². The van der Waals surface area contributed by atoms with Gasteiger partial charge in [-0.25, -0.2) is 0 Å². The molecule has 23 heavy (non-hydrogen) atoms. The van der Waals surface area contributed by atoms with E-state index in [0.717, 1.165) is 37.9 Å². The molecule has 1 amide bonds. The lowest BCUT2D eigenvalue weighted by atomic mass is 9.64. The molecular weight excluding hydrogens is 284 g/mol. The Morgan fingerprint density at radius 1 is 1.04 bits per heavy atom. The van der Waals surface area contributed by atoms with Crippen LogP contribution in [0.5, 0.6) is 0 Å². The van der Waals surface area contributed by atoms with E-state index in [9.17, 15) is 4.79 Å². The normalized spacial score (nSPS) is 18.1. The van der Waals surface area contributed by atoms with Crippen LogP contribution in [0.2, 0.25) is 0 Å². The summed E-state index contributed by atoms with van der Waals surface area (Å²) >= 11 is 0. The minimum absolute atomic E-state index is 0.175. The van der Waals surface area contributed by atoms with E-state index < -0.39 is 0 Å². The van der Waals surface area contributed by atoms with Crippen LogP contribution in [0.4, 0.5) is 0 Å². The lowest BCUT2D eigenvalue weighted by Crippen LogP contribution is -2.48. The quantitative estimate of drug-likeness (QED) is 0.911. The molecule has 0 saturated heterocycles. The molecule has 0 bridgehead atoms. The summed E-state index contributed by atoms with van der Waals surface area (Å²) in [6.07, 6.45) is 3.04. The number of benzene rings is 2. The van der Waals surface area contributed by atoms with E-state index in [4.69, 9.17) is 0 Å². The molecule has 118 valence electrons. The predicted molar refractivity (Wildman–Crippen MR) is 90.8 cm³/mol. The second-order valence-electron chi connectivity index (χ2n) is 6.69. The first-order valence-electron chi connectivity index (χ1n) is 8.43. The molecule has 2 N–H and O–H groups in total. The van der Waals surface area contributed by atoms with Crippen LogP contribution in [-0.2, 0) is 29.8 Å². The van der Waals surface area contributed by atoms with E-state index in [2.05, 4.69) is 41.0 Å². The minimum atomic E-state index is -0.306. The molecule has 1 aliphatic carbocycles. The third kappa shape index (κ3) is 2.55. The third-order valence-corrected chi connectivity index (χ3v) is 5.32. The summed E-state index contributed by atoms with van der Waals surface area (Å²) in [6.45, 7) is 2.50. The van der Waals surface area contributed by atoms with Crippen LogP contribution in [0.3, 0.4) is 0 Å². The fourth-order valence-electron chi connectivity index (χ4n) is 3.74. The molecule has 2 aromatic rings. The summed E-state index contributed by atoms with van der Waals surface area (Å²) in [7, 11) is 0. The van der Waals surface area contributed by atoms with Crippen molar-refractivity contribution < 1.29 is 4.79 Å². The first-order valence-corrected chi connectivity index (χ1v) is 8.43. The highest BCUT2D eigenvalue weighted by Crippen LogP contribution is 2.43. The largest absolute Gasteiger partial charge is 0.351 e. The Labute approximate surface area is 137 Å². The minimum Gasteiger partial charge on any atom is -0.351 e. The molecule has 2 aromatic carbocycles. The van der Waals surface area contributed by atoms with Gasteiger partial charge in [-0.15, -0.1) is 0 Å². The van der Waals surface area contributed by atoms with Crippen LogP contribution >= 0.6 is 0 Å². The summed E-state index contributed by atoms with van der Waals surface area (Å²) in [5, 5.41) is 6.53. The van der Waals surface area contributed by atoms with Gasteiger partial charge in [0.05, 0.1) is 5.41 Å². The van der Waals surface area contributed by atoms with Crippen LogP contribution < -0.4 is 10.6 Å². The van der Waals surface area contributed by atoms with Gasteiger partial charge in [0.2, 0.25) is 5.91 Å². The summed E-state index contributed by atoms with van der Waals surface area (Å²) in [6, 6.07) is 16.7. The Hall–Kier alpha value is -2.13. The zero-order valence-electron chi connectivity index (χ0n) is 13.3. The van der Waals surface area contributed by atoms with Gasteiger partial charge in [0.1, 0.15) is 0 Å². The highest BCUT2D eigenvalue weighted by atomic mass is 16.2. The van der Waals surface area contributed by atoms with Crippen molar-refractivity contribution >= 4 is 5.91 Å². The average molecular weight is 306 g/mol. The van der Waals surface area contributed by atoms with E-state index in [1.807, 2.05) is 18.2 Å². The summed E-state index contributed by atoms with van der Waals surface area (Å²) in [5.74, 6) is 0.175. The fourth-order valence-corrected chi connectivity index (χ4v) is 3.74. The van der Waals surface area contributed by atoms with Gasteiger partial charge in [-0.1, -0.05) is 55.0 Å². The van der Waals surface area contributed by atoms with E-state index in [1.54, 1.807) is 0 Å². The first-order chi connectivity index (χ1) is 11.3. The molecule has 1 aliphatic heterocycles. The lowest BCUT2D eigenvalue weighted by molar-refractivity contribution is -0.130. The van der Waals surface area contributed by atoms with Crippen molar-refractivity contribution in [2.45, 2.75) is 44.3 Å². The van der Waals surface area contributed by atoms with Gasteiger partial charge in [-0.2, -0.15) is 0 Å². The van der Waals surface area contributed by atoms with Crippen molar-refractivity contribution in [3.63, 3.8) is 0 Å². The van der Waals surface area contributed by atoms with Crippen LogP contribution in [0, 0.1) is 0 Å². The Bertz CT molecular complexity index is 720. The smallest absolute Gasteiger partial charge is 0.230 e. The van der Waals surface area contributed by atoms with Crippen molar-refractivity contribution in [2.75, 3.05) is 0 Å². The molecule has 2 aliphatic rings. The van der Waals surface area contributed by atoms with Gasteiger partial charge < -0.3 is 10.6 Å². The number of carbonyl (C=O) groups is 1. The number of hydrogen-bond acceptors (Lipinski definition) is 2. The fraction of sp³-hybridized carbons (Fsp3) is 0.350. The number of fused-ring (bicyclic) bond motifs is 1. The Morgan fingerprint density at radius 2 is 1.83 bits per heavy atom. The average Bonchev–Trinajstić information content (AvgIpc) is 3.00. The highest BCUT2D eigenvalue weighted by Gasteiger charge is 2.45. The van der Waals surface area contributed by atoms with Crippen LogP contribution in [0.15, 0.2) is 48.5 Å². The van der Waals surface area contributed by atoms with Crippen molar-refractivity contribution in [1.82, 2.24) is 10.6 Å². The van der Waals surface area contributed by atoms with Crippen molar-refractivity contribution in [3.8, 4) is 0 Å². The second kappa shape index (κ2) is 5.82. The van der Waals surface area contributed by atoms with Gasteiger partial charge >= 0.3 is 0 Å². The topological polar surface area (TPSA) is 41.1 Å². The zero-order valence-corrected chi connectivity index (χ0v) is 13.3. The molecule has 0 atom stereocenters. The summed E-state index contributed by atoms with van der Waals surface area (Å²) < 4.78 is 0. The van der Waals surface area contributed by atoms with E-state index >= 15 is 0 Å². The Morgan fingerprint density at radius 3 is 2.57 bits per heavy atom. The lowest BCUT2D eigenvalue weighted by Gasteiger charge is -2.40. The van der Waals surface area contributed by atoms with E-state index in [0.29, 0.717) is 6.54 Å². The van der Waals surface area contributed by atoms with Crippen LogP contribution in [0.25, 0.3) is 0 Å². The van der Waals surface area contributed by atoms with E-state index in [-0.39, 0.29) is 11.3 Å². The SMILES string of the molecule is O=C(NCc1ccc2c(c1)CNC2)C1(c2ccccc2)CCC1. The van der Waals surface area contributed by atoms with Crippen molar-refractivity contribution in [3.05, 3.63) is 70.8 Å². The third-order valence-electron chi connectivity index (χ3n) is 5.32. The molecule has 0 radical (unpaired) electrons. The molecule has 0 aromatic heterocycles. The maximum absolute atomic E-state index is 12.8. The maximum atomic E-state index is 12.8. The number of carbonyl (C=O) groups excluding carboxylic acids is 1. The molecular formula is C20H22N2O. The standard InChI is InChI=1S/C20H22N2O/c23-19(20(9-4-10-20)18-5-2-1-3-6-18)22-12-15-7-8-16-13-21-14-17(16)11-15/h1-3,5-8,11,21H,4,9-10,12-14H2,(H,22,23). The summed E-state index contributed by atoms with van der Waals surface area (Å²) in [4.78, 5) is 12.8. The van der Waals surface area contributed by atoms with Gasteiger partial charge in [-0.3, -0.25) is 4.79 Å². The molecule has 0 unspecified atom stereocenters. The van der Waals surface area contributed by atoms with Crippen molar-refractivity contribution in [1.29, 1.82) is 0 Å². The molecule has 3 nitrogen and oxygen atoms in total. The number of rotatable bonds is 4. The van der Waals surface area contributed by atoms with Gasteiger partial charge in [0.25, 0.3) is 0 Å². The van der Waals surface area contributed by atoms with Gasteiger partial charge in [-0.05, 0) is 35.1 Å². The molecule has 1 heterocycles. The molecule has 0 spiro atoms. The molecule has 1 saturated carbocycles. The van der Waals surface area contributed by atoms with Crippen LogP contribution in [0.1, 0.15) is 41.5 Å². The number of nitrogens with one attached hydrogen (secondary N) is 2. The van der Waals surface area contributed by atoms with E-state index in [1.165, 1.54) is 16.7 Å². The second-order valence-corrected chi connectivity index (χ2v) is 6.69. The first kappa shape index (κ1) is 14.5. The van der Waals surface area contributed by atoms with Crippen molar-refractivity contribution in [2.24, 2.45) is 0 Å². The summed E-state index contributed by atoms with van der Waals surface area (Å²) in [5.41, 5.74) is 4.77. The highest BCUT2D eigenvalue weighted by molar-refractivity contribution is 5.89. The van der Waals surface area contributed by atoms with Gasteiger partial charge in [0, 0.05) is 19.6 Å². The Balaban J connectivity index is 1.47. The predicted octanol–water partition coefficient (Wildman–Crippen LogP) is 3.03. The zero-order chi connectivity index (χ0) is 15.7. The molecule has 4 rings (SSSR count). The number of amides is 1. The maximum Gasteiger partial charge on any atom is 0.230 e.